The zero-order valence-corrected chi connectivity index (χ0v) is 20.4. The van der Waals surface area contributed by atoms with E-state index in [4.69, 9.17) is 4.74 Å². The molecule has 0 radical (unpaired) electrons. The molecule has 0 saturated carbocycles. The van der Waals surface area contributed by atoms with Gasteiger partial charge in [0.05, 0.1) is 25.5 Å². The number of fused-ring (bicyclic) bond motifs is 1. The molecule has 2 aromatic heterocycles. The molecule has 3 rings (SSSR count). The van der Waals surface area contributed by atoms with Crippen molar-refractivity contribution in [2.45, 2.75) is 37.9 Å². The number of ether oxygens (including phenoxy) is 1. The highest BCUT2D eigenvalue weighted by molar-refractivity contribution is 7.89. The van der Waals surface area contributed by atoms with Crippen LogP contribution in [-0.4, -0.2) is 82.1 Å². The van der Waals surface area contributed by atoms with Crippen LogP contribution in [-0.2, 0) is 17.1 Å². The number of rotatable bonds is 7. The van der Waals surface area contributed by atoms with Gasteiger partial charge in [-0.15, -0.1) is 0 Å². The zero-order valence-electron chi connectivity index (χ0n) is 19.5. The molecule has 1 aliphatic heterocycles. The molecule has 2 aromatic rings. The maximum atomic E-state index is 13.3. The highest BCUT2D eigenvalue weighted by atomic mass is 32.2. The van der Waals surface area contributed by atoms with Crippen LogP contribution in [0.5, 0.6) is 5.88 Å². The molecule has 0 fully saturated rings. The molecule has 33 heavy (non-hydrogen) atoms. The van der Waals surface area contributed by atoms with Crippen LogP contribution in [0.3, 0.4) is 0 Å². The fourth-order valence-electron chi connectivity index (χ4n) is 3.65. The Bertz CT molecular complexity index is 1130. The van der Waals surface area contributed by atoms with E-state index in [1.807, 2.05) is 26.0 Å². The highest BCUT2D eigenvalue weighted by Gasteiger charge is 2.36. The quantitative estimate of drug-likeness (QED) is 0.640. The maximum absolute atomic E-state index is 13.3. The fourth-order valence-corrected chi connectivity index (χ4v) is 4.80. The Labute approximate surface area is 194 Å². The van der Waals surface area contributed by atoms with E-state index in [1.165, 1.54) is 23.9 Å². The SMILES string of the molecule is CC=Cc1cnc2c(c1)C(=O)N([C@@H](C)CO)C[C@@H](C)[C@@H](CN(C)S(=O)(=O)c1cn(C)cn1)O2. The number of hydrogen-bond acceptors (Lipinski definition) is 7. The number of aliphatic hydroxyl groups is 1. The first-order chi connectivity index (χ1) is 15.6. The van der Waals surface area contributed by atoms with Crippen molar-refractivity contribution in [3.05, 3.63) is 42.0 Å². The number of allylic oxidation sites excluding steroid dienone is 1. The van der Waals surface area contributed by atoms with E-state index in [0.717, 1.165) is 5.56 Å². The summed E-state index contributed by atoms with van der Waals surface area (Å²) >= 11 is 0. The number of sulfonamides is 1. The predicted molar refractivity (Wildman–Crippen MR) is 123 cm³/mol. The predicted octanol–water partition coefficient (Wildman–Crippen LogP) is 1.39. The van der Waals surface area contributed by atoms with Crippen LogP contribution in [0.1, 0.15) is 36.7 Å². The molecule has 0 saturated heterocycles. The number of likely N-dealkylation sites (N-methyl/N-ethyl adjacent to an activating group) is 1. The number of imidazole rings is 1. The third kappa shape index (κ3) is 5.26. The van der Waals surface area contributed by atoms with Gasteiger partial charge in [-0.1, -0.05) is 19.1 Å². The minimum Gasteiger partial charge on any atom is -0.472 e. The van der Waals surface area contributed by atoms with E-state index in [1.54, 1.807) is 35.7 Å². The van der Waals surface area contributed by atoms with Crippen molar-refractivity contribution in [2.75, 3.05) is 26.7 Å². The summed E-state index contributed by atoms with van der Waals surface area (Å²) in [4.78, 5) is 23.2. The van der Waals surface area contributed by atoms with Crippen molar-refractivity contribution in [2.24, 2.45) is 13.0 Å². The molecular weight excluding hydrogens is 446 g/mol. The van der Waals surface area contributed by atoms with Gasteiger partial charge in [-0.25, -0.2) is 18.4 Å². The van der Waals surface area contributed by atoms with Gasteiger partial charge in [0.15, 0.2) is 5.03 Å². The number of aryl methyl sites for hydroxylation is 1. The van der Waals surface area contributed by atoms with Crippen LogP contribution in [0, 0.1) is 5.92 Å². The minimum absolute atomic E-state index is 0.0351. The van der Waals surface area contributed by atoms with Crippen LogP contribution in [0.15, 0.2) is 35.9 Å². The molecule has 1 N–H and O–H groups in total. The normalized spacial score (nSPS) is 20.5. The third-order valence-corrected chi connectivity index (χ3v) is 7.40. The summed E-state index contributed by atoms with van der Waals surface area (Å²) in [5.74, 6) is -0.386. The van der Waals surface area contributed by atoms with E-state index in [0.29, 0.717) is 0 Å². The van der Waals surface area contributed by atoms with Crippen molar-refractivity contribution < 1.29 is 23.1 Å². The standard InChI is InChI=1S/C22H31N5O5S/c1-6-7-17-8-18-21(23-9-17)32-19(15(2)10-27(22(18)29)16(3)13-28)11-26(5)33(30,31)20-12-25(4)14-24-20/h6-9,12,14-16,19,28H,10-11,13H2,1-5H3/t15-,16+,19-/m1/s1. The Balaban J connectivity index is 1.97. The Morgan fingerprint density at radius 1 is 1.39 bits per heavy atom. The number of nitrogens with zero attached hydrogens (tertiary/aromatic N) is 5. The third-order valence-electron chi connectivity index (χ3n) is 5.69. The highest BCUT2D eigenvalue weighted by Crippen LogP contribution is 2.28. The van der Waals surface area contributed by atoms with Gasteiger partial charge < -0.3 is 19.3 Å². The molecule has 0 spiro atoms. The van der Waals surface area contributed by atoms with Crippen LogP contribution >= 0.6 is 0 Å². The Kier molecular flexibility index (Phi) is 7.55. The molecule has 3 atom stereocenters. The number of aromatic nitrogens is 3. The number of carbonyl (C=O) groups excluding carboxylic acids is 1. The van der Waals surface area contributed by atoms with Crippen molar-refractivity contribution in [3.8, 4) is 5.88 Å². The lowest BCUT2D eigenvalue weighted by molar-refractivity contribution is 0.0373. The van der Waals surface area contributed by atoms with Gasteiger partial charge in [0.1, 0.15) is 11.7 Å². The average molecular weight is 478 g/mol. The molecule has 180 valence electrons. The molecule has 0 aromatic carbocycles. The zero-order chi connectivity index (χ0) is 24.3. The van der Waals surface area contributed by atoms with Crippen LogP contribution in [0.25, 0.3) is 6.08 Å². The number of pyridine rings is 1. The largest absolute Gasteiger partial charge is 0.472 e. The summed E-state index contributed by atoms with van der Waals surface area (Å²) in [6, 6.07) is 1.27. The van der Waals surface area contributed by atoms with Gasteiger partial charge in [0, 0.05) is 39.0 Å². The Morgan fingerprint density at radius 2 is 2.12 bits per heavy atom. The van der Waals surface area contributed by atoms with Crippen LogP contribution in [0.4, 0.5) is 0 Å². The van der Waals surface area contributed by atoms with Crippen molar-refractivity contribution in [1.29, 1.82) is 0 Å². The molecule has 10 nitrogen and oxygen atoms in total. The topological polar surface area (TPSA) is 118 Å². The summed E-state index contributed by atoms with van der Waals surface area (Å²) in [5, 5.41) is 9.69. The van der Waals surface area contributed by atoms with Gasteiger partial charge in [0.2, 0.25) is 5.88 Å². The minimum atomic E-state index is -3.83. The summed E-state index contributed by atoms with van der Waals surface area (Å²) in [5.41, 5.74) is 1.02. The van der Waals surface area contributed by atoms with E-state index >= 15 is 0 Å². The Hall–Kier alpha value is -2.76. The van der Waals surface area contributed by atoms with Gasteiger partial charge in [-0.3, -0.25) is 4.79 Å². The molecule has 0 unspecified atom stereocenters. The number of hydrogen-bond donors (Lipinski definition) is 1. The summed E-state index contributed by atoms with van der Waals surface area (Å²) < 4.78 is 34.9. The van der Waals surface area contributed by atoms with Crippen molar-refractivity contribution >= 4 is 22.0 Å². The summed E-state index contributed by atoms with van der Waals surface area (Å²) in [6.07, 6.45) is 7.55. The van der Waals surface area contributed by atoms with Gasteiger partial charge >= 0.3 is 0 Å². The van der Waals surface area contributed by atoms with E-state index in [9.17, 15) is 18.3 Å². The molecule has 3 heterocycles. The molecule has 1 aliphatic rings. The lowest BCUT2D eigenvalue weighted by Crippen LogP contribution is -2.50. The summed E-state index contributed by atoms with van der Waals surface area (Å²) in [7, 11) is -0.655. The molecule has 1 amide bonds. The van der Waals surface area contributed by atoms with Crippen LogP contribution in [0.2, 0.25) is 0 Å². The smallest absolute Gasteiger partial charge is 0.261 e. The van der Waals surface area contributed by atoms with Gasteiger partial charge in [-0.05, 0) is 25.5 Å². The molecule has 11 heteroatoms. The second kappa shape index (κ2) is 10.0. The second-order valence-electron chi connectivity index (χ2n) is 8.41. The van der Waals surface area contributed by atoms with E-state index in [-0.39, 0.29) is 48.0 Å². The lowest BCUT2D eigenvalue weighted by atomic mass is 10.00. The second-order valence-corrected chi connectivity index (χ2v) is 10.4. The van der Waals surface area contributed by atoms with E-state index < -0.39 is 22.2 Å². The van der Waals surface area contributed by atoms with Crippen LogP contribution < -0.4 is 4.74 Å². The molecule has 0 bridgehead atoms. The van der Waals surface area contributed by atoms with Crippen molar-refractivity contribution in [1.82, 2.24) is 23.7 Å². The fraction of sp³-hybridized carbons (Fsp3) is 0.500. The first-order valence-electron chi connectivity index (χ1n) is 10.7. The first-order valence-corrected chi connectivity index (χ1v) is 12.2. The molecular formula is C22H31N5O5S. The number of aliphatic hydroxyl groups excluding tert-OH is 1. The summed E-state index contributed by atoms with van der Waals surface area (Å²) in [6.45, 7) is 5.64. The first kappa shape index (κ1) is 24.9. The van der Waals surface area contributed by atoms with Gasteiger partial charge in [0.25, 0.3) is 15.9 Å². The number of amides is 1. The average Bonchev–Trinajstić information content (AvgIpc) is 3.23. The maximum Gasteiger partial charge on any atom is 0.261 e. The molecule has 0 aliphatic carbocycles. The van der Waals surface area contributed by atoms with Crippen molar-refractivity contribution in [3.63, 3.8) is 0 Å². The number of carbonyl (C=O) groups is 1. The Morgan fingerprint density at radius 3 is 2.73 bits per heavy atom. The lowest BCUT2D eigenvalue weighted by Gasteiger charge is -2.37. The van der Waals surface area contributed by atoms with Gasteiger partial charge in [-0.2, -0.15) is 4.31 Å². The monoisotopic (exact) mass is 477 g/mol. The van der Waals surface area contributed by atoms with E-state index in [2.05, 4.69) is 9.97 Å².